The molecule has 116 valence electrons. The zero-order valence-electron chi connectivity index (χ0n) is 13.6. The topological polar surface area (TPSA) is 55.6 Å². The van der Waals surface area contributed by atoms with Crippen molar-refractivity contribution in [2.24, 2.45) is 11.7 Å². The Morgan fingerprint density at radius 1 is 1.29 bits per heavy atom. The van der Waals surface area contributed by atoms with Gasteiger partial charge in [-0.15, -0.1) is 0 Å². The lowest BCUT2D eigenvalue weighted by molar-refractivity contribution is -0.132. The number of carbonyl (C=O) groups is 1. The smallest absolute Gasteiger partial charge is 0.270 e. The van der Waals surface area contributed by atoms with E-state index in [9.17, 15) is 4.79 Å². The lowest BCUT2D eigenvalue weighted by Crippen LogP contribution is -2.50. The van der Waals surface area contributed by atoms with Crippen LogP contribution in [0.1, 0.15) is 52.1 Å². The summed E-state index contributed by atoms with van der Waals surface area (Å²) in [5.41, 5.74) is 7.43. The molecule has 1 aliphatic heterocycles. The summed E-state index contributed by atoms with van der Waals surface area (Å²) in [4.78, 5) is 14.0. The zero-order valence-corrected chi connectivity index (χ0v) is 13.6. The van der Waals surface area contributed by atoms with E-state index in [2.05, 4.69) is 13.8 Å². The lowest BCUT2D eigenvalue weighted by Gasteiger charge is -2.37. The molecule has 4 heteroatoms. The number of fused-ring (bicyclic) bond motifs is 1. The van der Waals surface area contributed by atoms with Crippen molar-refractivity contribution in [1.29, 1.82) is 0 Å². The monoisotopic (exact) mass is 290 g/mol. The highest BCUT2D eigenvalue weighted by Crippen LogP contribution is 2.39. The molecule has 4 nitrogen and oxygen atoms in total. The van der Waals surface area contributed by atoms with E-state index >= 15 is 0 Å². The number of nitrogens with zero attached hydrogens (tertiary/aromatic N) is 1. The van der Waals surface area contributed by atoms with E-state index in [-0.39, 0.29) is 11.9 Å². The number of nitrogens with two attached hydrogens (primary N) is 1. The van der Waals surface area contributed by atoms with E-state index in [1.165, 1.54) is 0 Å². The van der Waals surface area contributed by atoms with Gasteiger partial charge in [-0.05, 0) is 37.5 Å². The van der Waals surface area contributed by atoms with Gasteiger partial charge in [0.05, 0.1) is 5.69 Å². The third-order valence-electron chi connectivity index (χ3n) is 4.47. The SMILES string of the molecule is CCC(CC)C(N)c1ccc2c(c1)N(C)C(=O)C(C)(C)O2. The van der Waals surface area contributed by atoms with Crippen molar-refractivity contribution < 1.29 is 9.53 Å². The number of benzene rings is 1. The molecule has 0 fully saturated rings. The number of amides is 1. The van der Waals surface area contributed by atoms with Crippen molar-refractivity contribution in [2.75, 3.05) is 11.9 Å². The normalized spacial score (nSPS) is 18.4. The molecule has 1 aromatic rings. The second-order valence-electron chi connectivity index (χ2n) is 6.31. The summed E-state index contributed by atoms with van der Waals surface area (Å²) in [5, 5.41) is 0. The first-order valence-electron chi connectivity index (χ1n) is 7.68. The molecule has 0 saturated heterocycles. The number of ether oxygens (including phenoxy) is 1. The highest BCUT2D eigenvalue weighted by Gasteiger charge is 2.39. The molecule has 21 heavy (non-hydrogen) atoms. The van der Waals surface area contributed by atoms with E-state index < -0.39 is 5.60 Å². The first-order chi connectivity index (χ1) is 9.81. The van der Waals surface area contributed by atoms with Gasteiger partial charge in [0.25, 0.3) is 5.91 Å². The molecule has 0 bridgehead atoms. The largest absolute Gasteiger partial charge is 0.476 e. The van der Waals surface area contributed by atoms with Gasteiger partial charge < -0.3 is 15.4 Å². The number of hydrogen-bond acceptors (Lipinski definition) is 3. The molecule has 1 aromatic carbocycles. The van der Waals surface area contributed by atoms with Crippen molar-refractivity contribution in [3.63, 3.8) is 0 Å². The first kappa shape index (κ1) is 15.8. The van der Waals surface area contributed by atoms with Crippen LogP contribution in [0.2, 0.25) is 0 Å². The predicted molar refractivity (Wildman–Crippen MR) is 85.6 cm³/mol. The minimum absolute atomic E-state index is 0.0104. The van der Waals surface area contributed by atoms with Crippen LogP contribution in [0.5, 0.6) is 5.75 Å². The van der Waals surface area contributed by atoms with Gasteiger partial charge in [0.15, 0.2) is 5.60 Å². The van der Waals surface area contributed by atoms with Gasteiger partial charge in [-0.25, -0.2) is 0 Å². The van der Waals surface area contributed by atoms with Crippen LogP contribution >= 0.6 is 0 Å². The van der Waals surface area contributed by atoms with Gasteiger partial charge in [-0.2, -0.15) is 0 Å². The first-order valence-corrected chi connectivity index (χ1v) is 7.68. The molecule has 1 amide bonds. The highest BCUT2D eigenvalue weighted by molar-refractivity contribution is 6.01. The van der Waals surface area contributed by atoms with Gasteiger partial charge in [0, 0.05) is 13.1 Å². The van der Waals surface area contributed by atoms with Gasteiger partial charge in [0.2, 0.25) is 0 Å². The van der Waals surface area contributed by atoms with Crippen LogP contribution in [0, 0.1) is 5.92 Å². The Morgan fingerprint density at radius 3 is 2.48 bits per heavy atom. The Balaban J connectivity index is 2.38. The summed E-state index contributed by atoms with van der Waals surface area (Å²) < 4.78 is 5.82. The van der Waals surface area contributed by atoms with Crippen molar-refractivity contribution in [3.05, 3.63) is 23.8 Å². The molecular formula is C17H26N2O2. The van der Waals surface area contributed by atoms with E-state index in [4.69, 9.17) is 10.5 Å². The maximum Gasteiger partial charge on any atom is 0.270 e. The molecule has 2 rings (SSSR count). The Labute approximate surface area is 127 Å². The Kier molecular flexibility index (Phi) is 4.28. The van der Waals surface area contributed by atoms with Gasteiger partial charge in [-0.1, -0.05) is 32.8 Å². The summed E-state index contributed by atoms with van der Waals surface area (Å²) in [7, 11) is 1.79. The maximum atomic E-state index is 12.3. The Hall–Kier alpha value is -1.55. The molecule has 0 saturated carbocycles. The zero-order chi connectivity index (χ0) is 15.8. The molecule has 1 aliphatic rings. The molecule has 0 aliphatic carbocycles. The third-order valence-corrected chi connectivity index (χ3v) is 4.47. The quantitative estimate of drug-likeness (QED) is 0.926. The summed E-state index contributed by atoms with van der Waals surface area (Å²) >= 11 is 0. The summed E-state index contributed by atoms with van der Waals surface area (Å²) in [6, 6.07) is 5.92. The minimum Gasteiger partial charge on any atom is -0.476 e. The molecule has 1 heterocycles. The molecule has 1 atom stereocenters. The average Bonchev–Trinajstić information content (AvgIpc) is 2.45. The van der Waals surface area contributed by atoms with Crippen LogP contribution < -0.4 is 15.4 Å². The van der Waals surface area contributed by atoms with Gasteiger partial charge in [0.1, 0.15) is 5.75 Å². The average molecular weight is 290 g/mol. The second-order valence-corrected chi connectivity index (χ2v) is 6.31. The summed E-state index contributed by atoms with van der Waals surface area (Å²) in [6.45, 7) is 7.90. The third kappa shape index (κ3) is 2.77. The standard InChI is InChI=1S/C17H26N2O2/c1-6-11(7-2)15(18)12-8-9-14-13(10-12)19(5)16(20)17(3,4)21-14/h8-11,15H,6-7,18H2,1-5H3. The number of rotatable bonds is 4. The van der Waals surface area contributed by atoms with Crippen LogP contribution in [0.25, 0.3) is 0 Å². The molecule has 0 aromatic heterocycles. The van der Waals surface area contributed by atoms with E-state index in [1.807, 2.05) is 18.2 Å². The van der Waals surface area contributed by atoms with Crippen molar-refractivity contribution >= 4 is 11.6 Å². The van der Waals surface area contributed by atoms with Crippen LogP contribution in [0.3, 0.4) is 0 Å². The summed E-state index contributed by atoms with van der Waals surface area (Å²) in [5.74, 6) is 1.15. The number of anilines is 1. The van der Waals surface area contributed by atoms with Crippen molar-refractivity contribution in [1.82, 2.24) is 0 Å². The lowest BCUT2D eigenvalue weighted by atomic mass is 9.89. The fourth-order valence-corrected chi connectivity index (χ4v) is 2.99. The fourth-order valence-electron chi connectivity index (χ4n) is 2.99. The van der Waals surface area contributed by atoms with Crippen LogP contribution in [0.4, 0.5) is 5.69 Å². The van der Waals surface area contributed by atoms with E-state index in [1.54, 1.807) is 25.8 Å². The van der Waals surface area contributed by atoms with Crippen molar-refractivity contribution in [3.8, 4) is 5.75 Å². The Bertz CT molecular complexity index is 536. The summed E-state index contributed by atoms with van der Waals surface area (Å²) in [6.07, 6.45) is 2.10. The Morgan fingerprint density at radius 2 is 1.90 bits per heavy atom. The predicted octanol–water partition coefficient (Wildman–Crippen LogP) is 3.26. The van der Waals surface area contributed by atoms with Crippen LogP contribution in [-0.2, 0) is 4.79 Å². The number of carbonyl (C=O) groups excluding carboxylic acids is 1. The second kappa shape index (κ2) is 5.68. The van der Waals surface area contributed by atoms with Gasteiger partial charge in [-0.3, -0.25) is 4.79 Å². The molecular weight excluding hydrogens is 264 g/mol. The molecule has 2 N–H and O–H groups in total. The van der Waals surface area contributed by atoms with E-state index in [0.717, 1.165) is 29.8 Å². The number of likely N-dealkylation sites (N-methyl/N-ethyl adjacent to an activating group) is 1. The minimum atomic E-state index is -0.819. The van der Waals surface area contributed by atoms with E-state index in [0.29, 0.717) is 5.92 Å². The van der Waals surface area contributed by atoms with Crippen LogP contribution in [0.15, 0.2) is 18.2 Å². The van der Waals surface area contributed by atoms with Crippen molar-refractivity contribution in [2.45, 2.75) is 52.2 Å². The maximum absolute atomic E-state index is 12.3. The number of hydrogen-bond donors (Lipinski definition) is 1. The molecule has 0 spiro atoms. The van der Waals surface area contributed by atoms with Gasteiger partial charge >= 0.3 is 0 Å². The molecule has 1 unspecified atom stereocenters. The highest BCUT2D eigenvalue weighted by atomic mass is 16.5. The van der Waals surface area contributed by atoms with Crippen LogP contribution in [-0.4, -0.2) is 18.6 Å². The fraction of sp³-hybridized carbons (Fsp3) is 0.588. The molecule has 0 radical (unpaired) electrons.